The predicted molar refractivity (Wildman–Crippen MR) is 77.3 cm³/mol. The molecule has 0 bridgehead atoms. The van der Waals surface area contributed by atoms with E-state index in [0.29, 0.717) is 11.7 Å². The first-order valence-corrected chi connectivity index (χ1v) is 6.97. The van der Waals surface area contributed by atoms with Gasteiger partial charge in [-0.25, -0.2) is 4.98 Å². The summed E-state index contributed by atoms with van der Waals surface area (Å²) in [6.45, 7) is 6.75. The molecule has 0 spiro atoms. The van der Waals surface area contributed by atoms with Gasteiger partial charge in [-0.3, -0.25) is 4.79 Å². The van der Waals surface area contributed by atoms with Crippen molar-refractivity contribution >= 4 is 5.82 Å². The third-order valence-corrected chi connectivity index (χ3v) is 3.81. The molecule has 2 atom stereocenters. The van der Waals surface area contributed by atoms with Crippen LogP contribution in [0.1, 0.15) is 40.0 Å². The number of hydrogen-bond acceptors (Lipinski definition) is 4. The second-order valence-corrected chi connectivity index (χ2v) is 6.36. The highest BCUT2D eigenvalue weighted by Crippen LogP contribution is 2.23. The molecule has 19 heavy (non-hydrogen) atoms. The van der Waals surface area contributed by atoms with E-state index in [1.54, 1.807) is 17.0 Å². The molecule has 0 saturated heterocycles. The summed E-state index contributed by atoms with van der Waals surface area (Å²) < 4.78 is 1.71. The van der Waals surface area contributed by atoms with Crippen LogP contribution < -0.4 is 16.6 Å². The van der Waals surface area contributed by atoms with E-state index in [1.165, 1.54) is 6.42 Å². The van der Waals surface area contributed by atoms with Crippen molar-refractivity contribution in [2.75, 3.05) is 11.9 Å². The lowest BCUT2D eigenvalue weighted by atomic mass is 10.1. The Bertz CT molecular complexity index is 489. The number of aromatic nitrogens is 2. The van der Waals surface area contributed by atoms with Crippen LogP contribution in [-0.2, 0) is 5.54 Å². The topological polar surface area (TPSA) is 72.9 Å². The van der Waals surface area contributed by atoms with Crippen LogP contribution in [0.2, 0.25) is 0 Å². The molecule has 1 aromatic rings. The van der Waals surface area contributed by atoms with Crippen molar-refractivity contribution in [3.8, 4) is 0 Å². The number of hydrogen-bond donors (Lipinski definition) is 2. The minimum atomic E-state index is -0.236. The second-order valence-electron chi connectivity index (χ2n) is 6.36. The third kappa shape index (κ3) is 3.15. The molecule has 0 aromatic carbocycles. The van der Waals surface area contributed by atoms with Crippen LogP contribution in [0.25, 0.3) is 0 Å². The Morgan fingerprint density at radius 2 is 2.21 bits per heavy atom. The largest absolute Gasteiger partial charge is 0.365 e. The first kappa shape index (κ1) is 14.1. The normalized spacial score (nSPS) is 23.6. The van der Waals surface area contributed by atoms with Crippen LogP contribution in [0.4, 0.5) is 5.82 Å². The fraction of sp³-hybridized carbons (Fsp3) is 0.714. The summed E-state index contributed by atoms with van der Waals surface area (Å²) in [7, 11) is 0. The van der Waals surface area contributed by atoms with Crippen molar-refractivity contribution in [3.63, 3.8) is 0 Å². The molecule has 0 aliphatic heterocycles. The number of rotatable bonds is 3. The summed E-state index contributed by atoms with van der Waals surface area (Å²) in [5.74, 6) is 0.876. The molecule has 1 aliphatic rings. The molecule has 0 amide bonds. The highest BCUT2D eigenvalue weighted by Gasteiger charge is 2.24. The maximum atomic E-state index is 12.3. The lowest BCUT2D eigenvalue weighted by Gasteiger charge is -2.23. The van der Waals surface area contributed by atoms with Crippen LogP contribution in [-0.4, -0.2) is 22.1 Å². The first-order valence-electron chi connectivity index (χ1n) is 6.97. The van der Waals surface area contributed by atoms with Gasteiger partial charge in [0, 0.05) is 30.5 Å². The van der Waals surface area contributed by atoms with Gasteiger partial charge in [-0.2, -0.15) is 0 Å². The van der Waals surface area contributed by atoms with Crippen LogP contribution in [0.15, 0.2) is 17.2 Å². The lowest BCUT2D eigenvalue weighted by molar-refractivity contribution is 0.383. The van der Waals surface area contributed by atoms with Gasteiger partial charge in [0.15, 0.2) is 5.82 Å². The van der Waals surface area contributed by atoms with Crippen molar-refractivity contribution in [1.29, 1.82) is 0 Å². The Labute approximate surface area is 114 Å². The number of nitrogens with two attached hydrogens (primary N) is 1. The number of anilines is 1. The van der Waals surface area contributed by atoms with Crippen molar-refractivity contribution in [3.05, 3.63) is 22.7 Å². The number of nitrogens with zero attached hydrogens (tertiary/aromatic N) is 2. The maximum absolute atomic E-state index is 12.3. The van der Waals surface area contributed by atoms with Gasteiger partial charge in [0.2, 0.25) is 0 Å². The molecule has 1 heterocycles. The molecular formula is C14H24N4O. The van der Waals surface area contributed by atoms with Gasteiger partial charge in [0.25, 0.3) is 5.56 Å². The molecule has 5 nitrogen and oxygen atoms in total. The van der Waals surface area contributed by atoms with Gasteiger partial charge in [0.1, 0.15) is 0 Å². The Balaban J connectivity index is 2.11. The molecule has 1 fully saturated rings. The van der Waals surface area contributed by atoms with E-state index in [0.717, 1.165) is 19.4 Å². The molecule has 106 valence electrons. The molecule has 5 heteroatoms. The molecule has 3 N–H and O–H groups in total. The fourth-order valence-corrected chi connectivity index (χ4v) is 2.61. The highest BCUT2D eigenvalue weighted by atomic mass is 16.1. The summed E-state index contributed by atoms with van der Waals surface area (Å²) in [4.78, 5) is 16.5. The molecule has 1 aliphatic carbocycles. The van der Waals surface area contributed by atoms with Crippen molar-refractivity contribution in [2.45, 2.75) is 51.6 Å². The minimum absolute atomic E-state index is 0.0680. The molecular weight excluding hydrogens is 240 g/mol. The van der Waals surface area contributed by atoms with E-state index in [1.807, 2.05) is 20.8 Å². The van der Waals surface area contributed by atoms with E-state index in [-0.39, 0.29) is 17.1 Å². The average molecular weight is 264 g/mol. The van der Waals surface area contributed by atoms with Crippen molar-refractivity contribution in [1.82, 2.24) is 9.55 Å². The van der Waals surface area contributed by atoms with E-state index >= 15 is 0 Å². The first-order chi connectivity index (χ1) is 8.89. The fourth-order valence-electron chi connectivity index (χ4n) is 2.61. The van der Waals surface area contributed by atoms with Gasteiger partial charge in [-0.05, 0) is 39.5 Å². The Kier molecular flexibility index (Phi) is 3.94. The molecule has 1 saturated carbocycles. The molecule has 2 unspecified atom stereocenters. The molecule has 0 radical (unpaired) electrons. The minimum Gasteiger partial charge on any atom is -0.365 e. The van der Waals surface area contributed by atoms with Gasteiger partial charge in [0.05, 0.1) is 0 Å². The summed E-state index contributed by atoms with van der Waals surface area (Å²) >= 11 is 0. The Morgan fingerprint density at radius 1 is 1.47 bits per heavy atom. The van der Waals surface area contributed by atoms with Crippen LogP contribution in [0, 0.1) is 5.92 Å². The quantitative estimate of drug-likeness (QED) is 0.868. The van der Waals surface area contributed by atoms with Crippen LogP contribution >= 0.6 is 0 Å². The molecule has 2 rings (SSSR count). The van der Waals surface area contributed by atoms with Gasteiger partial charge in [-0.1, -0.05) is 6.42 Å². The van der Waals surface area contributed by atoms with Crippen molar-refractivity contribution < 1.29 is 0 Å². The van der Waals surface area contributed by atoms with E-state index in [4.69, 9.17) is 5.73 Å². The maximum Gasteiger partial charge on any atom is 0.293 e. The predicted octanol–water partition coefficient (Wildman–Crippen LogP) is 1.54. The van der Waals surface area contributed by atoms with Crippen molar-refractivity contribution in [2.24, 2.45) is 11.7 Å². The summed E-state index contributed by atoms with van der Waals surface area (Å²) in [6.07, 6.45) is 6.80. The Morgan fingerprint density at radius 3 is 2.79 bits per heavy atom. The van der Waals surface area contributed by atoms with Gasteiger partial charge in [-0.15, -0.1) is 0 Å². The van der Waals surface area contributed by atoms with Gasteiger partial charge >= 0.3 is 0 Å². The SMILES string of the molecule is CC(C)(C)n1ccnc(NCC2CCCC2N)c1=O. The van der Waals surface area contributed by atoms with E-state index in [9.17, 15) is 4.79 Å². The summed E-state index contributed by atoms with van der Waals surface area (Å²) in [5, 5.41) is 3.17. The summed E-state index contributed by atoms with van der Waals surface area (Å²) in [6, 6.07) is 0.251. The third-order valence-electron chi connectivity index (χ3n) is 3.81. The smallest absolute Gasteiger partial charge is 0.293 e. The average Bonchev–Trinajstić information content (AvgIpc) is 2.72. The lowest BCUT2D eigenvalue weighted by Crippen LogP contribution is -2.36. The second kappa shape index (κ2) is 5.33. The number of nitrogens with one attached hydrogen (secondary N) is 1. The monoisotopic (exact) mass is 264 g/mol. The van der Waals surface area contributed by atoms with E-state index in [2.05, 4.69) is 10.3 Å². The van der Waals surface area contributed by atoms with Gasteiger partial charge < -0.3 is 15.6 Å². The standard InChI is InChI=1S/C14H24N4O/c1-14(2,3)18-8-7-16-12(13(18)19)17-9-10-5-4-6-11(10)15/h7-8,10-11H,4-6,9,15H2,1-3H3,(H,16,17). The van der Waals surface area contributed by atoms with Crippen LogP contribution in [0.3, 0.4) is 0 Å². The van der Waals surface area contributed by atoms with E-state index < -0.39 is 0 Å². The molecule has 1 aromatic heterocycles. The summed E-state index contributed by atoms with van der Waals surface area (Å²) in [5.41, 5.74) is 5.73. The zero-order valence-electron chi connectivity index (χ0n) is 12.0. The van der Waals surface area contributed by atoms with Crippen LogP contribution in [0.5, 0.6) is 0 Å². The zero-order valence-corrected chi connectivity index (χ0v) is 12.0. The Hall–Kier alpha value is -1.36. The highest BCUT2D eigenvalue weighted by molar-refractivity contribution is 5.31. The zero-order chi connectivity index (χ0) is 14.0.